The number of nitrogens with one attached hydrogen (secondary N) is 1. The van der Waals surface area contributed by atoms with Crippen LogP contribution in [0.15, 0.2) is 22.7 Å². The maximum Gasteiger partial charge on any atom is 0.325 e. The SMILES string of the molecule is CC(C)CNC(C(=O)O)c1cc(Cl)ccc1Br. The molecule has 0 fully saturated rings. The topological polar surface area (TPSA) is 49.3 Å². The summed E-state index contributed by atoms with van der Waals surface area (Å²) in [7, 11) is 0. The van der Waals surface area contributed by atoms with Gasteiger partial charge in [0.1, 0.15) is 6.04 Å². The number of halogens is 2. The average molecular weight is 321 g/mol. The van der Waals surface area contributed by atoms with Gasteiger partial charge < -0.3 is 10.4 Å². The van der Waals surface area contributed by atoms with Crippen molar-refractivity contribution in [3.8, 4) is 0 Å². The van der Waals surface area contributed by atoms with Gasteiger partial charge >= 0.3 is 5.97 Å². The van der Waals surface area contributed by atoms with Crippen LogP contribution in [0, 0.1) is 5.92 Å². The first-order chi connectivity index (χ1) is 7.91. The molecule has 1 aromatic carbocycles. The van der Waals surface area contributed by atoms with Gasteiger partial charge in [-0.25, -0.2) is 0 Å². The molecule has 0 saturated heterocycles. The molecule has 0 aromatic heterocycles. The highest BCUT2D eigenvalue weighted by molar-refractivity contribution is 9.10. The van der Waals surface area contributed by atoms with Gasteiger partial charge in [-0.1, -0.05) is 41.4 Å². The molecule has 1 unspecified atom stereocenters. The highest BCUT2D eigenvalue weighted by Crippen LogP contribution is 2.27. The number of carboxylic acid groups (broad SMARTS) is 1. The van der Waals surface area contributed by atoms with E-state index in [-0.39, 0.29) is 0 Å². The van der Waals surface area contributed by atoms with Crippen LogP contribution in [-0.2, 0) is 4.79 Å². The number of benzene rings is 1. The third kappa shape index (κ3) is 4.30. The molecule has 1 aromatic rings. The molecule has 17 heavy (non-hydrogen) atoms. The minimum atomic E-state index is -0.909. The van der Waals surface area contributed by atoms with Crippen molar-refractivity contribution in [3.05, 3.63) is 33.3 Å². The molecule has 5 heteroatoms. The first-order valence-corrected chi connectivity index (χ1v) is 6.50. The standard InChI is InChI=1S/C12H15BrClNO2/c1-7(2)6-15-11(12(16)17)9-5-8(14)3-4-10(9)13/h3-5,7,11,15H,6H2,1-2H3,(H,16,17). The molecule has 0 aliphatic rings. The van der Waals surface area contributed by atoms with Gasteiger partial charge in [-0.2, -0.15) is 0 Å². The highest BCUT2D eigenvalue weighted by Gasteiger charge is 2.22. The van der Waals surface area contributed by atoms with Crippen LogP contribution in [0.2, 0.25) is 5.02 Å². The van der Waals surface area contributed by atoms with E-state index in [2.05, 4.69) is 21.2 Å². The number of hydrogen-bond donors (Lipinski definition) is 2. The summed E-state index contributed by atoms with van der Waals surface area (Å²) in [5.41, 5.74) is 0.644. The zero-order valence-corrected chi connectivity index (χ0v) is 12.0. The van der Waals surface area contributed by atoms with E-state index in [1.165, 1.54) is 0 Å². The monoisotopic (exact) mass is 319 g/mol. The van der Waals surface area contributed by atoms with Gasteiger partial charge in [-0.3, -0.25) is 4.79 Å². The maximum absolute atomic E-state index is 11.2. The summed E-state index contributed by atoms with van der Waals surface area (Å²) in [6.07, 6.45) is 0. The lowest BCUT2D eigenvalue weighted by Crippen LogP contribution is -2.31. The Morgan fingerprint density at radius 1 is 1.53 bits per heavy atom. The number of carbonyl (C=O) groups is 1. The second-order valence-corrected chi connectivity index (χ2v) is 5.53. The molecule has 0 amide bonds. The van der Waals surface area contributed by atoms with Crippen LogP contribution in [-0.4, -0.2) is 17.6 Å². The summed E-state index contributed by atoms with van der Waals surface area (Å²) in [4.78, 5) is 11.2. The number of aliphatic carboxylic acids is 1. The third-order valence-electron chi connectivity index (χ3n) is 2.25. The molecule has 0 aliphatic heterocycles. The smallest absolute Gasteiger partial charge is 0.325 e. The molecule has 0 saturated carbocycles. The number of hydrogen-bond acceptors (Lipinski definition) is 2. The van der Waals surface area contributed by atoms with E-state index in [0.717, 1.165) is 4.47 Å². The van der Waals surface area contributed by atoms with Crippen LogP contribution in [0.25, 0.3) is 0 Å². The Hall–Kier alpha value is -0.580. The lowest BCUT2D eigenvalue weighted by Gasteiger charge is -2.18. The molecule has 0 aliphatic carbocycles. The molecule has 2 N–H and O–H groups in total. The fourth-order valence-electron chi connectivity index (χ4n) is 1.42. The van der Waals surface area contributed by atoms with Crippen LogP contribution in [0.4, 0.5) is 0 Å². The van der Waals surface area contributed by atoms with Gasteiger partial charge in [0.05, 0.1) is 0 Å². The summed E-state index contributed by atoms with van der Waals surface area (Å²) in [5.74, 6) is -0.525. The van der Waals surface area contributed by atoms with Gasteiger partial charge in [0.25, 0.3) is 0 Å². The van der Waals surface area contributed by atoms with Gasteiger partial charge in [-0.05, 0) is 36.2 Å². The Kier molecular flexibility index (Phi) is 5.43. The normalized spacial score (nSPS) is 12.8. The molecule has 0 bridgehead atoms. The van der Waals surface area contributed by atoms with E-state index in [1.54, 1.807) is 18.2 Å². The van der Waals surface area contributed by atoms with Crippen molar-refractivity contribution >= 4 is 33.5 Å². The summed E-state index contributed by atoms with van der Waals surface area (Å²) < 4.78 is 0.741. The van der Waals surface area contributed by atoms with E-state index in [4.69, 9.17) is 11.6 Å². The van der Waals surface area contributed by atoms with Crippen molar-refractivity contribution in [2.24, 2.45) is 5.92 Å². The Bertz CT molecular complexity index is 409. The first kappa shape index (κ1) is 14.5. The molecule has 1 atom stereocenters. The Labute approximate surface area is 114 Å². The van der Waals surface area contributed by atoms with E-state index in [0.29, 0.717) is 23.0 Å². The van der Waals surface area contributed by atoms with Crippen LogP contribution in [0.5, 0.6) is 0 Å². The molecular formula is C12H15BrClNO2. The summed E-state index contributed by atoms with van der Waals surface area (Å²) in [6.45, 7) is 4.69. The minimum Gasteiger partial charge on any atom is -0.480 e. The van der Waals surface area contributed by atoms with Crippen LogP contribution < -0.4 is 5.32 Å². The van der Waals surface area contributed by atoms with Crippen LogP contribution in [0.3, 0.4) is 0 Å². The van der Waals surface area contributed by atoms with Crippen molar-refractivity contribution in [3.63, 3.8) is 0 Å². The predicted molar refractivity (Wildman–Crippen MR) is 72.4 cm³/mol. The first-order valence-electron chi connectivity index (χ1n) is 5.33. The van der Waals surface area contributed by atoms with E-state index in [9.17, 15) is 9.90 Å². The zero-order valence-electron chi connectivity index (χ0n) is 9.71. The average Bonchev–Trinajstić information content (AvgIpc) is 2.22. The van der Waals surface area contributed by atoms with Crippen molar-refractivity contribution in [1.29, 1.82) is 0 Å². The third-order valence-corrected chi connectivity index (χ3v) is 3.20. The predicted octanol–water partition coefficient (Wildman–Crippen LogP) is 3.47. The maximum atomic E-state index is 11.2. The zero-order chi connectivity index (χ0) is 13.0. The van der Waals surface area contributed by atoms with Gasteiger partial charge in [0.2, 0.25) is 0 Å². The molecule has 0 heterocycles. The Balaban J connectivity index is 2.97. The quantitative estimate of drug-likeness (QED) is 0.873. The lowest BCUT2D eigenvalue weighted by atomic mass is 10.1. The highest BCUT2D eigenvalue weighted by atomic mass is 79.9. The second kappa shape index (κ2) is 6.38. The molecule has 94 valence electrons. The number of rotatable bonds is 5. The Morgan fingerprint density at radius 3 is 2.71 bits per heavy atom. The number of carboxylic acids is 1. The van der Waals surface area contributed by atoms with E-state index in [1.807, 2.05) is 13.8 Å². The van der Waals surface area contributed by atoms with Crippen LogP contribution >= 0.6 is 27.5 Å². The van der Waals surface area contributed by atoms with Gasteiger partial charge in [-0.15, -0.1) is 0 Å². The lowest BCUT2D eigenvalue weighted by molar-refractivity contribution is -0.139. The van der Waals surface area contributed by atoms with Crippen LogP contribution in [0.1, 0.15) is 25.5 Å². The summed E-state index contributed by atoms with van der Waals surface area (Å²) >= 11 is 9.23. The van der Waals surface area contributed by atoms with E-state index < -0.39 is 12.0 Å². The van der Waals surface area contributed by atoms with Crippen molar-refractivity contribution in [2.75, 3.05) is 6.54 Å². The van der Waals surface area contributed by atoms with Gasteiger partial charge in [0.15, 0.2) is 0 Å². The van der Waals surface area contributed by atoms with Gasteiger partial charge in [0, 0.05) is 9.50 Å². The minimum absolute atomic E-state index is 0.384. The fourth-order valence-corrected chi connectivity index (χ4v) is 2.08. The molecule has 1 rings (SSSR count). The molecular weight excluding hydrogens is 305 g/mol. The second-order valence-electron chi connectivity index (χ2n) is 4.24. The van der Waals surface area contributed by atoms with E-state index >= 15 is 0 Å². The van der Waals surface area contributed by atoms with Crippen molar-refractivity contribution in [1.82, 2.24) is 5.32 Å². The Morgan fingerprint density at radius 2 is 2.18 bits per heavy atom. The molecule has 3 nitrogen and oxygen atoms in total. The molecule has 0 radical (unpaired) electrons. The van der Waals surface area contributed by atoms with Crippen molar-refractivity contribution < 1.29 is 9.90 Å². The summed E-state index contributed by atoms with van der Waals surface area (Å²) in [5, 5.41) is 12.8. The molecule has 0 spiro atoms. The summed E-state index contributed by atoms with van der Waals surface area (Å²) in [6, 6.07) is 4.39. The van der Waals surface area contributed by atoms with Crippen molar-refractivity contribution in [2.45, 2.75) is 19.9 Å². The largest absolute Gasteiger partial charge is 0.480 e. The fraction of sp³-hybridized carbons (Fsp3) is 0.417.